The minimum atomic E-state index is -4.34. The van der Waals surface area contributed by atoms with Gasteiger partial charge in [0.2, 0.25) is 0 Å². The van der Waals surface area contributed by atoms with Crippen molar-refractivity contribution in [2.24, 2.45) is 0 Å². The van der Waals surface area contributed by atoms with Gasteiger partial charge in [0.25, 0.3) is 0 Å². The second kappa shape index (κ2) is 5.46. The molecule has 0 bridgehead atoms. The first-order valence-corrected chi connectivity index (χ1v) is 7.30. The highest BCUT2D eigenvalue weighted by Crippen LogP contribution is 2.34. The molecule has 2 rings (SSSR count). The molecule has 116 valence electrons. The molecule has 1 heterocycles. The number of aromatic nitrogens is 1. The van der Waals surface area contributed by atoms with E-state index in [0.717, 1.165) is 16.8 Å². The van der Waals surface area contributed by atoms with Crippen LogP contribution in [-0.2, 0) is 6.18 Å². The van der Waals surface area contributed by atoms with Gasteiger partial charge in [0, 0.05) is 12.1 Å². The van der Waals surface area contributed by atoms with Gasteiger partial charge in [-0.15, -0.1) is 0 Å². The average Bonchev–Trinajstić information content (AvgIpc) is 2.77. The van der Waals surface area contributed by atoms with Crippen molar-refractivity contribution < 1.29 is 13.2 Å². The molecule has 0 saturated heterocycles. The summed E-state index contributed by atoms with van der Waals surface area (Å²) in [6.07, 6.45) is -4.34. The maximum absolute atomic E-state index is 12.7. The SMILES string of the molecule is CN(C)C(C)(C)CNc1nc2cc(C(F)(F)F)ccc2s1. The van der Waals surface area contributed by atoms with Crippen LogP contribution in [0.1, 0.15) is 19.4 Å². The van der Waals surface area contributed by atoms with E-state index in [-0.39, 0.29) is 5.54 Å². The molecular formula is C14H18F3N3S. The van der Waals surface area contributed by atoms with Crippen molar-refractivity contribution in [2.45, 2.75) is 25.6 Å². The standard InChI is InChI=1S/C14H18F3N3S/c1-13(2,20(3)4)8-18-12-19-10-7-9(14(15,16)17)5-6-11(10)21-12/h5-7H,8H2,1-4H3,(H,18,19). The van der Waals surface area contributed by atoms with Gasteiger partial charge in [0.15, 0.2) is 5.13 Å². The molecule has 0 spiro atoms. The molecule has 0 aliphatic heterocycles. The van der Waals surface area contributed by atoms with Gasteiger partial charge in [0.05, 0.1) is 15.8 Å². The third-order valence-electron chi connectivity index (χ3n) is 3.60. The lowest BCUT2D eigenvalue weighted by Gasteiger charge is -2.32. The summed E-state index contributed by atoms with van der Waals surface area (Å²) >= 11 is 1.36. The third-order valence-corrected chi connectivity index (χ3v) is 4.59. The number of rotatable bonds is 4. The van der Waals surface area contributed by atoms with Crippen LogP contribution in [0.5, 0.6) is 0 Å². The second-order valence-electron chi connectivity index (χ2n) is 5.76. The van der Waals surface area contributed by atoms with Crippen molar-refractivity contribution >= 4 is 26.7 Å². The predicted octanol–water partition coefficient (Wildman–Crippen LogP) is 4.07. The van der Waals surface area contributed by atoms with Crippen LogP contribution in [0, 0.1) is 0 Å². The Labute approximate surface area is 125 Å². The minimum Gasteiger partial charge on any atom is -0.360 e. The van der Waals surface area contributed by atoms with Gasteiger partial charge in [-0.25, -0.2) is 4.98 Å². The summed E-state index contributed by atoms with van der Waals surface area (Å²) < 4.78 is 38.8. The lowest BCUT2D eigenvalue weighted by atomic mass is 10.1. The zero-order valence-corrected chi connectivity index (χ0v) is 13.2. The smallest absolute Gasteiger partial charge is 0.360 e. The van der Waals surface area contributed by atoms with E-state index in [1.165, 1.54) is 17.4 Å². The van der Waals surface area contributed by atoms with E-state index < -0.39 is 11.7 Å². The van der Waals surface area contributed by atoms with E-state index in [1.807, 2.05) is 14.1 Å². The molecule has 2 aromatic rings. The summed E-state index contributed by atoms with van der Waals surface area (Å²) in [4.78, 5) is 6.32. The Morgan fingerprint density at radius 2 is 1.90 bits per heavy atom. The van der Waals surface area contributed by atoms with E-state index in [1.54, 1.807) is 0 Å². The number of nitrogens with zero attached hydrogens (tertiary/aromatic N) is 2. The molecule has 7 heteroatoms. The molecule has 0 radical (unpaired) electrons. The molecule has 0 aliphatic rings. The topological polar surface area (TPSA) is 28.2 Å². The summed E-state index contributed by atoms with van der Waals surface area (Å²) in [7, 11) is 3.96. The molecular weight excluding hydrogens is 299 g/mol. The number of likely N-dealkylation sites (N-methyl/N-ethyl adjacent to an activating group) is 1. The van der Waals surface area contributed by atoms with E-state index in [9.17, 15) is 13.2 Å². The predicted molar refractivity (Wildman–Crippen MR) is 80.9 cm³/mol. The van der Waals surface area contributed by atoms with Gasteiger partial charge >= 0.3 is 6.18 Å². The summed E-state index contributed by atoms with van der Waals surface area (Å²) in [6.45, 7) is 4.82. The van der Waals surface area contributed by atoms with Crippen LogP contribution in [-0.4, -0.2) is 36.1 Å². The fourth-order valence-electron chi connectivity index (χ4n) is 1.63. The van der Waals surface area contributed by atoms with Gasteiger partial charge in [-0.1, -0.05) is 11.3 Å². The quantitative estimate of drug-likeness (QED) is 0.921. The van der Waals surface area contributed by atoms with Crippen molar-refractivity contribution in [1.82, 2.24) is 9.88 Å². The second-order valence-corrected chi connectivity index (χ2v) is 6.79. The Morgan fingerprint density at radius 1 is 1.24 bits per heavy atom. The molecule has 3 nitrogen and oxygen atoms in total. The van der Waals surface area contributed by atoms with Crippen LogP contribution in [0.4, 0.5) is 18.3 Å². The summed E-state index contributed by atoms with van der Waals surface area (Å²) in [5, 5.41) is 3.84. The first-order valence-electron chi connectivity index (χ1n) is 6.49. The third kappa shape index (κ3) is 3.65. The molecule has 1 aromatic heterocycles. The first kappa shape index (κ1) is 16.0. The summed E-state index contributed by atoms with van der Waals surface area (Å²) in [6, 6.07) is 3.65. The Balaban J connectivity index is 2.20. The summed E-state index contributed by atoms with van der Waals surface area (Å²) in [5.74, 6) is 0. The van der Waals surface area contributed by atoms with Gasteiger partial charge < -0.3 is 10.2 Å². The Morgan fingerprint density at radius 3 is 2.48 bits per heavy atom. The highest BCUT2D eigenvalue weighted by atomic mass is 32.1. The molecule has 0 saturated carbocycles. The van der Waals surface area contributed by atoms with Gasteiger partial charge in [-0.05, 0) is 46.1 Å². The fraction of sp³-hybridized carbons (Fsp3) is 0.500. The Kier molecular flexibility index (Phi) is 4.17. The normalized spacial score (nSPS) is 13.1. The number of nitrogens with one attached hydrogen (secondary N) is 1. The number of anilines is 1. The van der Waals surface area contributed by atoms with E-state index in [0.29, 0.717) is 17.2 Å². The van der Waals surface area contributed by atoms with Crippen molar-refractivity contribution in [2.75, 3.05) is 26.0 Å². The van der Waals surface area contributed by atoms with Crippen molar-refractivity contribution in [1.29, 1.82) is 0 Å². The maximum atomic E-state index is 12.7. The molecule has 0 unspecified atom stereocenters. The van der Waals surface area contributed by atoms with Crippen molar-refractivity contribution in [3.05, 3.63) is 23.8 Å². The number of hydrogen-bond donors (Lipinski definition) is 1. The number of halogens is 3. The highest BCUT2D eigenvalue weighted by Gasteiger charge is 2.30. The zero-order chi connectivity index (χ0) is 15.8. The monoisotopic (exact) mass is 317 g/mol. The van der Waals surface area contributed by atoms with Crippen LogP contribution >= 0.6 is 11.3 Å². The average molecular weight is 317 g/mol. The largest absolute Gasteiger partial charge is 0.416 e. The van der Waals surface area contributed by atoms with Crippen LogP contribution in [0.3, 0.4) is 0 Å². The number of hydrogen-bond acceptors (Lipinski definition) is 4. The fourth-order valence-corrected chi connectivity index (χ4v) is 2.47. The molecule has 21 heavy (non-hydrogen) atoms. The lowest BCUT2D eigenvalue weighted by molar-refractivity contribution is -0.137. The molecule has 1 N–H and O–H groups in total. The first-order chi connectivity index (χ1) is 9.59. The maximum Gasteiger partial charge on any atom is 0.416 e. The van der Waals surface area contributed by atoms with Crippen molar-refractivity contribution in [3.63, 3.8) is 0 Å². The van der Waals surface area contributed by atoms with E-state index in [4.69, 9.17) is 0 Å². The van der Waals surface area contributed by atoms with Crippen LogP contribution in [0.2, 0.25) is 0 Å². The molecule has 0 fully saturated rings. The van der Waals surface area contributed by atoms with Crippen LogP contribution < -0.4 is 5.32 Å². The van der Waals surface area contributed by atoms with Crippen LogP contribution in [0.25, 0.3) is 10.2 Å². The Hall–Kier alpha value is -1.34. The number of fused-ring (bicyclic) bond motifs is 1. The van der Waals surface area contributed by atoms with E-state index >= 15 is 0 Å². The van der Waals surface area contributed by atoms with Gasteiger partial charge in [0.1, 0.15) is 0 Å². The van der Waals surface area contributed by atoms with Gasteiger partial charge in [-0.2, -0.15) is 13.2 Å². The zero-order valence-electron chi connectivity index (χ0n) is 12.4. The lowest BCUT2D eigenvalue weighted by Crippen LogP contribution is -2.44. The molecule has 0 aliphatic carbocycles. The van der Waals surface area contributed by atoms with Gasteiger partial charge in [-0.3, -0.25) is 0 Å². The minimum absolute atomic E-state index is 0.0744. The number of benzene rings is 1. The molecule has 0 amide bonds. The molecule has 0 atom stereocenters. The van der Waals surface area contributed by atoms with E-state index in [2.05, 4.69) is 29.0 Å². The highest BCUT2D eigenvalue weighted by molar-refractivity contribution is 7.22. The number of thiazole rings is 1. The molecule has 1 aromatic carbocycles. The summed E-state index contributed by atoms with van der Waals surface area (Å²) in [5.41, 5.74) is -0.366. The number of alkyl halides is 3. The Bertz CT molecular complexity index is 632. The van der Waals surface area contributed by atoms with Crippen LogP contribution in [0.15, 0.2) is 18.2 Å². The van der Waals surface area contributed by atoms with Crippen molar-refractivity contribution in [3.8, 4) is 0 Å².